The van der Waals surface area contributed by atoms with E-state index in [0.717, 1.165) is 16.8 Å². The maximum absolute atomic E-state index is 11.7. The van der Waals surface area contributed by atoms with Gasteiger partial charge in [0.15, 0.2) is 5.78 Å². The molecule has 2 rings (SSSR count). The molecule has 0 bridgehead atoms. The van der Waals surface area contributed by atoms with Gasteiger partial charge in [0.1, 0.15) is 6.54 Å². The molecule has 0 radical (unpaired) electrons. The second-order valence-electron chi connectivity index (χ2n) is 3.13. The summed E-state index contributed by atoms with van der Waals surface area (Å²) in [6.45, 7) is -0.143. The molecule has 0 aliphatic heterocycles. The number of hydrogen-bond acceptors (Lipinski definition) is 4. The molecule has 2 aromatic heterocycles. The van der Waals surface area contributed by atoms with Crippen LogP contribution < -0.4 is 11.1 Å². The van der Waals surface area contributed by atoms with Gasteiger partial charge >= 0.3 is 0 Å². The molecule has 16 heavy (non-hydrogen) atoms. The summed E-state index contributed by atoms with van der Waals surface area (Å²) in [6, 6.07) is 5.71. The Morgan fingerprint density at radius 3 is 2.81 bits per heavy atom. The molecule has 82 valence electrons. The predicted octanol–water partition coefficient (Wildman–Crippen LogP) is 0.481. The number of H-pyrrole nitrogens is 1. The molecule has 0 fully saturated rings. The molecule has 2 aromatic rings. The van der Waals surface area contributed by atoms with Crippen LogP contribution in [0.25, 0.3) is 0 Å². The summed E-state index contributed by atoms with van der Waals surface area (Å²) in [5.41, 5.74) is -0.803. The number of carbonyl (C=O) groups is 1. The van der Waals surface area contributed by atoms with Gasteiger partial charge in [0.05, 0.1) is 4.88 Å². The van der Waals surface area contributed by atoms with Crippen molar-refractivity contribution in [3.05, 3.63) is 55.2 Å². The van der Waals surface area contributed by atoms with E-state index in [0.29, 0.717) is 4.88 Å². The van der Waals surface area contributed by atoms with E-state index in [9.17, 15) is 14.4 Å². The van der Waals surface area contributed by atoms with Gasteiger partial charge in [0, 0.05) is 12.1 Å². The molecule has 0 atom stereocenters. The van der Waals surface area contributed by atoms with Crippen LogP contribution in [0.1, 0.15) is 9.67 Å². The average molecular weight is 236 g/mol. The van der Waals surface area contributed by atoms with Crippen molar-refractivity contribution in [3.63, 3.8) is 0 Å². The zero-order valence-electron chi connectivity index (χ0n) is 8.17. The van der Waals surface area contributed by atoms with Crippen molar-refractivity contribution in [2.24, 2.45) is 0 Å². The molecule has 0 aliphatic rings. The van der Waals surface area contributed by atoms with Gasteiger partial charge in [-0.15, -0.1) is 11.3 Å². The van der Waals surface area contributed by atoms with Crippen molar-refractivity contribution in [2.75, 3.05) is 0 Å². The largest absolute Gasteiger partial charge is 0.291 e. The minimum absolute atomic E-state index is 0.143. The van der Waals surface area contributed by atoms with E-state index in [4.69, 9.17) is 0 Å². The molecule has 0 saturated heterocycles. The van der Waals surface area contributed by atoms with Crippen molar-refractivity contribution in [2.45, 2.75) is 6.54 Å². The standard InChI is InChI=1S/C10H8N2O3S/c13-7(8-2-1-5-16-8)6-12-10(15)4-3-9(14)11-12/h1-5H,6H2,(H,11,14). The monoisotopic (exact) mass is 236 g/mol. The molecule has 0 spiro atoms. The third-order valence-electron chi connectivity index (χ3n) is 1.99. The lowest BCUT2D eigenvalue weighted by Crippen LogP contribution is -2.30. The number of ketones is 1. The van der Waals surface area contributed by atoms with Crippen LogP contribution in [0.5, 0.6) is 0 Å². The Morgan fingerprint density at radius 2 is 2.12 bits per heavy atom. The minimum Gasteiger partial charge on any atom is -0.291 e. The van der Waals surface area contributed by atoms with Gasteiger partial charge in [-0.1, -0.05) is 6.07 Å². The molecule has 2 heterocycles. The molecule has 5 nitrogen and oxygen atoms in total. The van der Waals surface area contributed by atoms with Crippen LogP contribution in [-0.4, -0.2) is 15.6 Å². The third-order valence-corrected chi connectivity index (χ3v) is 2.90. The van der Waals surface area contributed by atoms with E-state index in [1.54, 1.807) is 17.5 Å². The van der Waals surface area contributed by atoms with Gasteiger partial charge in [-0.3, -0.25) is 19.5 Å². The van der Waals surface area contributed by atoms with Gasteiger partial charge in [-0.05, 0) is 11.4 Å². The van der Waals surface area contributed by atoms with Crippen LogP contribution in [0.4, 0.5) is 0 Å². The summed E-state index contributed by atoms with van der Waals surface area (Å²) in [6.07, 6.45) is 0. The van der Waals surface area contributed by atoms with Crippen LogP contribution in [0.2, 0.25) is 0 Å². The first-order valence-corrected chi connectivity index (χ1v) is 5.41. The van der Waals surface area contributed by atoms with Gasteiger partial charge < -0.3 is 0 Å². The summed E-state index contributed by atoms with van der Waals surface area (Å²) >= 11 is 1.30. The first-order chi connectivity index (χ1) is 7.66. The molecular weight excluding hydrogens is 228 g/mol. The quantitative estimate of drug-likeness (QED) is 0.788. The Labute approximate surface area is 94.0 Å². The molecule has 1 N–H and O–H groups in total. The Balaban J connectivity index is 2.28. The number of aromatic amines is 1. The molecule has 0 amide bonds. The number of carbonyl (C=O) groups excluding carboxylic acids is 1. The first kappa shape index (κ1) is 10.6. The second kappa shape index (κ2) is 4.28. The summed E-state index contributed by atoms with van der Waals surface area (Å²) < 4.78 is 1.00. The highest BCUT2D eigenvalue weighted by Crippen LogP contribution is 2.09. The van der Waals surface area contributed by atoms with E-state index in [1.165, 1.54) is 11.3 Å². The zero-order valence-corrected chi connectivity index (χ0v) is 8.99. The number of nitrogens with zero attached hydrogens (tertiary/aromatic N) is 1. The van der Waals surface area contributed by atoms with E-state index >= 15 is 0 Å². The fraction of sp³-hybridized carbons (Fsp3) is 0.100. The fourth-order valence-corrected chi connectivity index (χ4v) is 1.90. The fourth-order valence-electron chi connectivity index (χ4n) is 1.24. The molecule has 0 aromatic carbocycles. The predicted molar refractivity (Wildman–Crippen MR) is 60.0 cm³/mol. The van der Waals surface area contributed by atoms with E-state index in [-0.39, 0.29) is 12.3 Å². The summed E-state index contributed by atoms with van der Waals surface area (Å²) in [5, 5.41) is 4.08. The van der Waals surface area contributed by atoms with Crippen LogP contribution in [0.3, 0.4) is 0 Å². The summed E-state index contributed by atoms with van der Waals surface area (Å²) in [7, 11) is 0. The highest BCUT2D eigenvalue weighted by molar-refractivity contribution is 7.12. The summed E-state index contributed by atoms with van der Waals surface area (Å²) in [5.74, 6) is -0.195. The Kier molecular flexibility index (Phi) is 2.82. The highest BCUT2D eigenvalue weighted by Gasteiger charge is 2.08. The highest BCUT2D eigenvalue weighted by atomic mass is 32.1. The number of Topliss-reactive ketones (excluding diaryl/α,β-unsaturated/α-hetero) is 1. The van der Waals surface area contributed by atoms with Crippen LogP contribution in [-0.2, 0) is 6.54 Å². The molecular formula is C10H8N2O3S. The van der Waals surface area contributed by atoms with Crippen molar-refractivity contribution >= 4 is 17.1 Å². The molecule has 0 aliphatic carbocycles. The van der Waals surface area contributed by atoms with Crippen molar-refractivity contribution in [1.82, 2.24) is 9.78 Å². The van der Waals surface area contributed by atoms with E-state index in [1.807, 2.05) is 0 Å². The van der Waals surface area contributed by atoms with Gasteiger partial charge in [0.2, 0.25) is 0 Å². The number of aromatic nitrogens is 2. The average Bonchev–Trinajstić information content (AvgIpc) is 2.76. The number of nitrogens with one attached hydrogen (secondary N) is 1. The summed E-state index contributed by atoms with van der Waals surface area (Å²) in [4.78, 5) is 34.5. The molecule has 0 unspecified atom stereocenters. The van der Waals surface area contributed by atoms with E-state index < -0.39 is 11.1 Å². The molecule has 0 saturated carbocycles. The van der Waals surface area contributed by atoms with Gasteiger partial charge in [-0.2, -0.15) is 0 Å². The number of thiophene rings is 1. The SMILES string of the molecule is O=C(Cn1[nH]c(=O)ccc1=O)c1cccs1. The van der Waals surface area contributed by atoms with Crippen molar-refractivity contribution in [3.8, 4) is 0 Å². The Morgan fingerprint density at radius 1 is 1.31 bits per heavy atom. The topological polar surface area (TPSA) is 71.9 Å². The number of hydrogen-bond donors (Lipinski definition) is 1. The number of rotatable bonds is 3. The Bertz CT molecular complexity index is 609. The first-order valence-electron chi connectivity index (χ1n) is 4.54. The maximum atomic E-state index is 11.7. The van der Waals surface area contributed by atoms with Gasteiger partial charge in [-0.25, -0.2) is 4.68 Å². The van der Waals surface area contributed by atoms with Crippen LogP contribution in [0, 0.1) is 0 Å². The van der Waals surface area contributed by atoms with Crippen molar-refractivity contribution < 1.29 is 4.79 Å². The van der Waals surface area contributed by atoms with Crippen LogP contribution in [0.15, 0.2) is 39.2 Å². The van der Waals surface area contributed by atoms with E-state index in [2.05, 4.69) is 5.10 Å². The normalized spacial score (nSPS) is 10.2. The maximum Gasteiger partial charge on any atom is 0.265 e. The third kappa shape index (κ3) is 2.17. The lowest BCUT2D eigenvalue weighted by molar-refractivity contribution is 0.0969. The zero-order chi connectivity index (χ0) is 11.5. The van der Waals surface area contributed by atoms with Crippen molar-refractivity contribution in [1.29, 1.82) is 0 Å². The lowest BCUT2D eigenvalue weighted by Gasteiger charge is -2.01. The Hall–Kier alpha value is -1.95. The lowest BCUT2D eigenvalue weighted by atomic mass is 10.3. The minimum atomic E-state index is -0.404. The second-order valence-corrected chi connectivity index (χ2v) is 4.08. The molecule has 6 heteroatoms. The van der Waals surface area contributed by atoms with Crippen LogP contribution >= 0.6 is 11.3 Å². The van der Waals surface area contributed by atoms with Gasteiger partial charge in [0.25, 0.3) is 11.1 Å². The smallest absolute Gasteiger partial charge is 0.265 e.